The predicted octanol–water partition coefficient (Wildman–Crippen LogP) is 0.176. The molecule has 0 aromatic carbocycles. The standard InChI is InChI=1S/C17H28N4O3/c1-2-15-18-6-8-21(15)7-5-16(22)19-13-3-4-14(17(13)23)20-9-11-24-12-10-20/h6,8,13-14,17,23H,2-5,7,9-12H2,1H3,(H,19,22)/t13-,14-,17-/m1/s1. The molecule has 2 N–H and O–H groups in total. The molecule has 1 aromatic rings. The van der Waals surface area contributed by atoms with Gasteiger partial charge >= 0.3 is 0 Å². The van der Waals surface area contributed by atoms with E-state index in [0.717, 1.165) is 51.4 Å². The number of carbonyl (C=O) groups excluding carboxylic acids is 1. The zero-order valence-electron chi connectivity index (χ0n) is 14.4. The summed E-state index contributed by atoms with van der Waals surface area (Å²) in [5.74, 6) is 0.994. The van der Waals surface area contributed by atoms with E-state index in [-0.39, 0.29) is 18.0 Å². The first-order chi connectivity index (χ1) is 11.7. The number of hydrogen-bond acceptors (Lipinski definition) is 5. The zero-order chi connectivity index (χ0) is 16.9. The van der Waals surface area contributed by atoms with Crippen LogP contribution < -0.4 is 5.32 Å². The maximum atomic E-state index is 12.2. The SMILES string of the molecule is CCc1nccn1CCC(=O)N[C@@H]1CC[C@@H](N2CCOCC2)[C@@H]1O. The number of amides is 1. The van der Waals surface area contributed by atoms with Crippen LogP contribution in [0.15, 0.2) is 12.4 Å². The number of nitrogens with one attached hydrogen (secondary N) is 1. The number of morpholine rings is 1. The third-order valence-corrected chi connectivity index (χ3v) is 5.14. The van der Waals surface area contributed by atoms with Gasteiger partial charge in [0.05, 0.1) is 25.4 Å². The Balaban J connectivity index is 1.46. The third-order valence-electron chi connectivity index (χ3n) is 5.14. The topological polar surface area (TPSA) is 79.6 Å². The number of aromatic nitrogens is 2. The molecule has 2 fully saturated rings. The van der Waals surface area contributed by atoms with Crippen molar-refractivity contribution >= 4 is 5.91 Å². The first kappa shape index (κ1) is 17.4. The number of rotatable bonds is 6. The van der Waals surface area contributed by atoms with E-state index in [1.54, 1.807) is 6.20 Å². The molecular weight excluding hydrogens is 308 g/mol. The van der Waals surface area contributed by atoms with Crippen LogP contribution >= 0.6 is 0 Å². The van der Waals surface area contributed by atoms with Crippen molar-refractivity contribution in [3.05, 3.63) is 18.2 Å². The van der Waals surface area contributed by atoms with Gasteiger partial charge in [0.1, 0.15) is 5.82 Å². The van der Waals surface area contributed by atoms with Crippen molar-refractivity contribution < 1.29 is 14.6 Å². The molecule has 1 aliphatic heterocycles. The molecule has 2 aliphatic rings. The molecule has 1 aliphatic carbocycles. The Morgan fingerprint density at radius 2 is 2.21 bits per heavy atom. The van der Waals surface area contributed by atoms with Gasteiger partial charge in [0, 0.05) is 50.9 Å². The first-order valence-corrected chi connectivity index (χ1v) is 8.98. The zero-order valence-corrected chi connectivity index (χ0v) is 14.4. The fraction of sp³-hybridized carbons (Fsp3) is 0.765. The number of ether oxygens (including phenoxy) is 1. The van der Waals surface area contributed by atoms with E-state index in [2.05, 4.69) is 22.1 Å². The molecule has 1 saturated carbocycles. The van der Waals surface area contributed by atoms with Crippen LogP contribution in [0.1, 0.15) is 32.0 Å². The Labute approximate surface area is 143 Å². The molecule has 7 heteroatoms. The normalized spacial score (nSPS) is 28.2. The molecule has 1 aromatic heterocycles. The molecule has 24 heavy (non-hydrogen) atoms. The number of nitrogens with zero attached hydrogens (tertiary/aromatic N) is 3. The van der Waals surface area contributed by atoms with Crippen LogP contribution in [0, 0.1) is 0 Å². The van der Waals surface area contributed by atoms with E-state index in [4.69, 9.17) is 4.74 Å². The molecule has 0 spiro atoms. The highest BCUT2D eigenvalue weighted by Crippen LogP contribution is 2.25. The lowest BCUT2D eigenvalue weighted by atomic mass is 10.1. The monoisotopic (exact) mass is 336 g/mol. The molecule has 1 saturated heterocycles. The Morgan fingerprint density at radius 3 is 2.96 bits per heavy atom. The van der Waals surface area contributed by atoms with Gasteiger partial charge in [0.25, 0.3) is 0 Å². The van der Waals surface area contributed by atoms with Crippen LogP contribution in [0.25, 0.3) is 0 Å². The summed E-state index contributed by atoms with van der Waals surface area (Å²) in [5, 5.41) is 13.6. The average molecular weight is 336 g/mol. The van der Waals surface area contributed by atoms with Gasteiger partial charge in [-0.2, -0.15) is 0 Å². The molecule has 0 bridgehead atoms. The fourth-order valence-corrected chi connectivity index (χ4v) is 3.78. The van der Waals surface area contributed by atoms with Gasteiger partial charge in [-0.1, -0.05) is 6.92 Å². The minimum absolute atomic E-state index is 0.00238. The summed E-state index contributed by atoms with van der Waals surface area (Å²) < 4.78 is 7.39. The van der Waals surface area contributed by atoms with Gasteiger partial charge in [-0.15, -0.1) is 0 Å². The summed E-state index contributed by atoms with van der Waals surface area (Å²) in [6, 6.07) is -0.00156. The van der Waals surface area contributed by atoms with Crippen LogP contribution in [-0.4, -0.2) is 70.0 Å². The number of carbonyl (C=O) groups is 1. The lowest BCUT2D eigenvalue weighted by Gasteiger charge is -2.34. The highest BCUT2D eigenvalue weighted by molar-refractivity contribution is 5.76. The number of aliphatic hydroxyl groups excluding tert-OH is 1. The Morgan fingerprint density at radius 1 is 1.42 bits per heavy atom. The number of aryl methyl sites for hydroxylation is 2. The Hall–Kier alpha value is -1.44. The highest BCUT2D eigenvalue weighted by atomic mass is 16.5. The quantitative estimate of drug-likeness (QED) is 0.774. The van der Waals surface area contributed by atoms with Crippen molar-refractivity contribution in [2.45, 2.75) is 57.3 Å². The van der Waals surface area contributed by atoms with Crippen LogP contribution in [0.4, 0.5) is 0 Å². The van der Waals surface area contributed by atoms with E-state index in [1.807, 2.05) is 10.8 Å². The molecule has 0 unspecified atom stereocenters. The van der Waals surface area contributed by atoms with Crippen LogP contribution in [-0.2, 0) is 22.5 Å². The van der Waals surface area contributed by atoms with Gasteiger partial charge in [-0.3, -0.25) is 9.69 Å². The molecule has 3 rings (SSSR count). The smallest absolute Gasteiger partial charge is 0.222 e. The molecule has 2 heterocycles. The minimum Gasteiger partial charge on any atom is -0.389 e. The fourth-order valence-electron chi connectivity index (χ4n) is 3.78. The first-order valence-electron chi connectivity index (χ1n) is 8.98. The summed E-state index contributed by atoms with van der Waals surface area (Å²) in [6.07, 6.45) is 6.21. The van der Waals surface area contributed by atoms with Crippen molar-refractivity contribution in [2.75, 3.05) is 26.3 Å². The van der Waals surface area contributed by atoms with Crippen LogP contribution in [0.2, 0.25) is 0 Å². The van der Waals surface area contributed by atoms with Crippen molar-refractivity contribution in [1.29, 1.82) is 0 Å². The minimum atomic E-state index is -0.494. The molecule has 3 atom stereocenters. The van der Waals surface area contributed by atoms with Gasteiger partial charge in [-0.05, 0) is 12.8 Å². The van der Waals surface area contributed by atoms with E-state index in [9.17, 15) is 9.90 Å². The lowest BCUT2D eigenvalue weighted by Crippen LogP contribution is -2.51. The second-order valence-electron chi connectivity index (χ2n) is 6.60. The number of hydrogen-bond donors (Lipinski definition) is 2. The van der Waals surface area contributed by atoms with E-state index >= 15 is 0 Å². The van der Waals surface area contributed by atoms with E-state index < -0.39 is 6.10 Å². The van der Waals surface area contributed by atoms with Crippen molar-refractivity contribution in [1.82, 2.24) is 19.8 Å². The second-order valence-corrected chi connectivity index (χ2v) is 6.60. The lowest BCUT2D eigenvalue weighted by molar-refractivity contribution is -0.122. The highest BCUT2D eigenvalue weighted by Gasteiger charge is 2.39. The van der Waals surface area contributed by atoms with Crippen LogP contribution in [0.3, 0.4) is 0 Å². The summed E-state index contributed by atoms with van der Waals surface area (Å²) in [4.78, 5) is 18.8. The summed E-state index contributed by atoms with van der Waals surface area (Å²) in [7, 11) is 0. The van der Waals surface area contributed by atoms with Crippen molar-refractivity contribution in [2.24, 2.45) is 0 Å². The molecule has 134 valence electrons. The molecular formula is C17H28N4O3. The molecule has 0 radical (unpaired) electrons. The van der Waals surface area contributed by atoms with E-state index in [1.165, 1.54) is 0 Å². The molecule has 1 amide bonds. The van der Waals surface area contributed by atoms with Gasteiger partial charge in [0.2, 0.25) is 5.91 Å². The largest absolute Gasteiger partial charge is 0.389 e. The van der Waals surface area contributed by atoms with Crippen LogP contribution in [0.5, 0.6) is 0 Å². The van der Waals surface area contributed by atoms with Gasteiger partial charge < -0.3 is 19.7 Å². The summed E-state index contributed by atoms with van der Waals surface area (Å²) in [5.41, 5.74) is 0. The summed E-state index contributed by atoms with van der Waals surface area (Å²) >= 11 is 0. The number of aliphatic hydroxyl groups is 1. The molecule has 7 nitrogen and oxygen atoms in total. The van der Waals surface area contributed by atoms with Crippen molar-refractivity contribution in [3.8, 4) is 0 Å². The van der Waals surface area contributed by atoms with Crippen molar-refractivity contribution in [3.63, 3.8) is 0 Å². The van der Waals surface area contributed by atoms with Gasteiger partial charge in [0.15, 0.2) is 0 Å². The average Bonchev–Trinajstić information content (AvgIpc) is 3.21. The third kappa shape index (κ3) is 3.96. The Kier molecular flexibility index (Phi) is 5.86. The maximum Gasteiger partial charge on any atom is 0.222 e. The van der Waals surface area contributed by atoms with E-state index in [0.29, 0.717) is 13.0 Å². The summed E-state index contributed by atoms with van der Waals surface area (Å²) in [6.45, 7) is 5.87. The Bertz CT molecular complexity index is 542. The maximum absolute atomic E-state index is 12.2. The number of imidazole rings is 1. The predicted molar refractivity (Wildman–Crippen MR) is 89.6 cm³/mol. The van der Waals surface area contributed by atoms with Gasteiger partial charge in [-0.25, -0.2) is 4.98 Å². The second kappa shape index (κ2) is 8.09.